The van der Waals surface area contributed by atoms with Gasteiger partial charge in [0, 0.05) is 13.1 Å². The molecular formula is C18H24N2O5. The lowest BCUT2D eigenvalue weighted by atomic mass is 9.72. The molecule has 0 spiro atoms. The molecule has 0 N–H and O–H groups in total. The van der Waals surface area contributed by atoms with Crippen molar-refractivity contribution in [3.05, 3.63) is 24.1 Å². The van der Waals surface area contributed by atoms with Gasteiger partial charge in [0.05, 0.1) is 19.1 Å². The monoisotopic (exact) mass is 348 g/mol. The van der Waals surface area contributed by atoms with Gasteiger partial charge in [0.1, 0.15) is 6.26 Å². The van der Waals surface area contributed by atoms with Crippen LogP contribution in [-0.2, 0) is 14.3 Å². The minimum absolute atomic E-state index is 0.139. The summed E-state index contributed by atoms with van der Waals surface area (Å²) in [6.45, 7) is 7.63. The highest BCUT2D eigenvalue weighted by Crippen LogP contribution is 2.41. The minimum Gasteiger partial charge on any atom is -0.466 e. The largest absolute Gasteiger partial charge is 0.466 e. The molecule has 1 aromatic rings. The third-order valence-electron chi connectivity index (χ3n) is 4.91. The predicted octanol–water partition coefficient (Wildman–Crippen LogP) is 2.29. The highest BCUT2D eigenvalue weighted by molar-refractivity contribution is 5.87. The van der Waals surface area contributed by atoms with Crippen LogP contribution in [0.15, 0.2) is 22.8 Å². The van der Waals surface area contributed by atoms with Crippen LogP contribution in [0.4, 0.5) is 6.01 Å². The van der Waals surface area contributed by atoms with Crippen molar-refractivity contribution in [1.29, 1.82) is 0 Å². The summed E-state index contributed by atoms with van der Waals surface area (Å²) >= 11 is 0. The average Bonchev–Trinajstić information content (AvgIpc) is 3.21. The van der Waals surface area contributed by atoms with Gasteiger partial charge in [-0.05, 0) is 31.6 Å². The van der Waals surface area contributed by atoms with Gasteiger partial charge in [-0.2, -0.15) is 4.98 Å². The van der Waals surface area contributed by atoms with E-state index < -0.39 is 5.97 Å². The Hall–Kier alpha value is -2.31. The molecule has 7 heteroatoms. The van der Waals surface area contributed by atoms with Crippen molar-refractivity contribution in [2.75, 3.05) is 31.2 Å². The summed E-state index contributed by atoms with van der Waals surface area (Å²) in [6.07, 6.45) is 5.57. The van der Waals surface area contributed by atoms with Crippen LogP contribution >= 0.6 is 0 Å². The molecule has 2 heterocycles. The molecule has 0 bridgehead atoms. The Labute approximate surface area is 147 Å². The maximum absolute atomic E-state index is 12.4. The van der Waals surface area contributed by atoms with Crippen molar-refractivity contribution in [3.63, 3.8) is 0 Å². The van der Waals surface area contributed by atoms with Crippen molar-refractivity contribution in [2.24, 2.45) is 23.7 Å². The minimum atomic E-state index is -0.493. The Bertz CT molecular complexity index is 668. The molecule has 1 aliphatic heterocycles. The summed E-state index contributed by atoms with van der Waals surface area (Å²) in [5, 5.41) is 0. The first kappa shape index (κ1) is 17.5. The maximum atomic E-state index is 12.4. The molecule has 0 saturated carbocycles. The number of aromatic nitrogens is 1. The Balaban J connectivity index is 1.75. The Kier molecular flexibility index (Phi) is 5.11. The number of carbonyl (C=O) groups excluding carboxylic acids is 2. The van der Waals surface area contributed by atoms with Crippen LogP contribution in [0.3, 0.4) is 0 Å². The Morgan fingerprint density at radius 2 is 2.00 bits per heavy atom. The molecule has 0 aromatic carbocycles. The number of ether oxygens (including phenoxy) is 2. The number of hydrogen-bond acceptors (Lipinski definition) is 7. The highest BCUT2D eigenvalue weighted by atomic mass is 16.5. The maximum Gasteiger partial charge on any atom is 0.360 e. The van der Waals surface area contributed by atoms with Crippen LogP contribution in [0.5, 0.6) is 0 Å². The summed E-state index contributed by atoms with van der Waals surface area (Å²) in [7, 11) is 0. The molecule has 0 radical (unpaired) electrons. The molecule has 136 valence electrons. The SMILES string of the molecule is CCOC(=O)c1coc(N2C[C@@H]3[C@@H](C(=O)OCC)[C@@H](C)C=C[C@H]3C2)n1. The first-order chi connectivity index (χ1) is 12.0. The molecule has 0 unspecified atom stereocenters. The zero-order valence-corrected chi connectivity index (χ0v) is 14.8. The second-order valence-electron chi connectivity index (χ2n) is 6.49. The molecule has 0 amide bonds. The number of nitrogens with zero attached hydrogens (tertiary/aromatic N) is 2. The summed E-state index contributed by atoms with van der Waals surface area (Å²) in [6, 6.07) is 0.390. The van der Waals surface area contributed by atoms with E-state index in [-0.39, 0.29) is 35.3 Å². The van der Waals surface area contributed by atoms with E-state index in [2.05, 4.69) is 17.1 Å². The zero-order valence-electron chi connectivity index (χ0n) is 14.8. The molecule has 7 nitrogen and oxygen atoms in total. The number of allylic oxidation sites excluding steroid dienone is 1. The quantitative estimate of drug-likeness (QED) is 0.596. The van der Waals surface area contributed by atoms with E-state index in [1.807, 2.05) is 18.7 Å². The number of oxazole rings is 1. The van der Waals surface area contributed by atoms with Crippen molar-refractivity contribution < 1.29 is 23.5 Å². The van der Waals surface area contributed by atoms with Crippen molar-refractivity contribution in [3.8, 4) is 0 Å². The van der Waals surface area contributed by atoms with Crippen LogP contribution in [0.2, 0.25) is 0 Å². The summed E-state index contributed by atoms with van der Waals surface area (Å²) in [5.41, 5.74) is 0.164. The van der Waals surface area contributed by atoms with Crippen LogP contribution in [0.25, 0.3) is 0 Å². The van der Waals surface area contributed by atoms with Gasteiger partial charge in [-0.1, -0.05) is 19.1 Å². The number of esters is 2. The van der Waals surface area contributed by atoms with Gasteiger partial charge >= 0.3 is 11.9 Å². The first-order valence-corrected chi connectivity index (χ1v) is 8.77. The molecule has 1 fully saturated rings. The van der Waals surface area contributed by atoms with Crippen LogP contribution in [0.1, 0.15) is 31.3 Å². The molecule has 4 atom stereocenters. The average molecular weight is 348 g/mol. The number of anilines is 1. The molecule has 1 aliphatic carbocycles. The van der Waals surface area contributed by atoms with Crippen molar-refractivity contribution in [2.45, 2.75) is 20.8 Å². The van der Waals surface area contributed by atoms with E-state index in [1.165, 1.54) is 6.26 Å². The highest BCUT2D eigenvalue weighted by Gasteiger charge is 2.45. The predicted molar refractivity (Wildman–Crippen MR) is 90.1 cm³/mol. The molecular weight excluding hydrogens is 324 g/mol. The van der Waals surface area contributed by atoms with Crippen LogP contribution < -0.4 is 4.90 Å². The fourth-order valence-electron chi connectivity index (χ4n) is 3.76. The van der Waals surface area contributed by atoms with E-state index in [4.69, 9.17) is 13.9 Å². The molecule has 1 saturated heterocycles. The van der Waals surface area contributed by atoms with E-state index >= 15 is 0 Å². The molecule has 2 aliphatic rings. The van der Waals surface area contributed by atoms with Crippen molar-refractivity contribution in [1.82, 2.24) is 4.98 Å². The van der Waals surface area contributed by atoms with Gasteiger partial charge in [-0.15, -0.1) is 0 Å². The molecule has 3 rings (SSSR count). The van der Waals surface area contributed by atoms with Gasteiger partial charge in [0.15, 0.2) is 5.69 Å². The topological polar surface area (TPSA) is 81.9 Å². The Morgan fingerprint density at radius 3 is 2.72 bits per heavy atom. The molecule has 25 heavy (non-hydrogen) atoms. The van der Waals surface area contributed by atoms with E-state index in [0.717, 1.165) is 0 Å². The van der Waals surface area contributed by atoms with Crippen molar-refractivity contribution >= 4 is 18.0 Å². The first-order valence-electron chi connectivity index (χ1n) is 8.77. The summed E-state index contributed by atoms with van der Waals surface area (Å²) in [5.74, 6) is -0.275. The van der Waals surface area contributed by atoms with Gasteiger partial charge in [0.2, 0.25) is 0 Å². The lowest BCUT2D eigenvalue weighted by Crippen LogP contribution is -2.37. The number of fused-ring (bicyclic) bond motifs is 1. The summed E-state index contributed by atoms with van der Waals surface area (Å²) < 4.78 is 15.7. The number of hydrogen-bond donors (Lipinski definition) is 0. The smallest absolute Gasteiger partial charge is 0.360 e. The third kappa shape index (κ3) is 3.41. The van der Waals surface area contributed by atoms with E-state index in [1.54, 1.807) is 6.92 Å². The second kappa shape index (κ2) is 7.29. The number of carbonyl (C=O) groups is 2. The summed E-state index contributed by atoms with van der Waals surface area (Å²) in [4.78, 5) is 30.3. The van der Waals surface area contributed by atoms with Gasteiger partial charge in [-0.3, -0.25) is 4.79 Å². The fraction of sp³-hybridized carbons (Fsp3) is 0.611. The normalized spacial score (nSPS) is 27.9. The lowest BCUT2D eigenvalue weighted by Gasteiger charge is -2.31. The zero-order chi connectivity index (χ0) is 18.0. The van der Waals surface area contributed by atoms with E-state index in [0.29, 0.717) is 32.3 Å². The lowest BCUT2D eigenvalue weighted by molar-refractivity contribution is -0.151. The van der Waals surface area contributed by atoms with Gasteiger partial charge < -0.3 is 18.8 Å². The van der Waals surface area contributed by atoms with Crippen LogP contribution in [0, 0.1) is 23.7 Å². The van der Waals surface area contributed by atoms with Crippen LogP contribution in [-0.4, -0.2) is 43.2 Å². The Morgan fingerprint density at radius 1 is 1.24 bits per heavy atom. The molecule has 1 aromatic heterocycles. The van der Waals surface area contributed by atoms with Gasteiger partial charge in [0.25, 0.3) is 6.01 Å². The second-order valence-corrected chi connectivity index (χ2v) is 6.49. The standard InChI is InChI=1S/C18H24N2O5/c1-4-23-16(21)14-10-25-18(19-14)20-8-12-7-6-11(3)15(13(12)9-20)17(22)24-5-2/h6-7,10-13,15H,4-5,8-9H2,1-3H3/t11-,12-,13-,15-/m0/s1. The fourth-order valence-corrected chi connectivity index (χ4v) is 3.76. The third-order valence-corrected chi connectivity index (χ3v) is 4.91. The van der Waals surface area contributed by atoms with Gasteiger partial charge in [-0.25, -0.2) is 4.79 Å². The van der Waals surface area contributed by atoms with E-state index in [9.17, 15) is 9.59 Å². The number of rotatable bonds is 5.